The first-order valence-corrected chi connectivity index (χ1v) is 9.39. The second-order valence-electron chi connectivity index (χ2n) is 7.16. The maximum atomic E-state index is 12.5. The van der Waals surface area contributed by atoms with E-state index in [1.807, 2.05) is 37.3 Å². The van der Waals surface area contributed by atoms with Gasteiger partial charge in [0.25, 0.3) is 5.91 Å². The lowest BCUT2D eigenvalue weighted by Gasteiger charge is -2.23. The summed E-state index contributed by atoms with van der Waals surface area (Å²) < 4.78 is 0. The van der Waals surface area contributed by atoms with Crippen LogP contribution in [0.2, 0.25) is 0 Å². The van der Waals surface area contributed by atoms with E-state index in [-0.39, 0.29) is 5.91 Å². The van der Waals surface area contributed by atoms with Gasteiger partial charge in [0, 0.05) is 33.9 Å². The van der Waals surface area contributed by atoms with Crippen LogP contribution in [0.25, 0.3) is 10.9 Å². The van der Waals surface area contributed by atoms with Crippen LogP contribution in [-0.4, -0.2) is 23.5 Å². The van der Waals surface area contributed by atoms with E-state index in [1.165, 1.54) is 23.1 Å². The number of carbonyl (C=O) groups excluding carboxylic acids is 1. The lowest BCUT2D eigenvalue weighted by atomic mass is 9.91. The zero-order valence-corrected chi connectivity index (χ0v) is 15.4. The van der Waals surface area contributed by atoms with Crippen molar-refractivity contribution in [1.29, 1.82) is 0 Å². The van der Waals surface area contributed by atoms with Gasteiger partial charge < -0.3 is 15.6 Å². The Morgan fingerprint density at radius 3 is 2.77 bits per heavy atom. The molecule has 26 heavy (non-hydrogen) atoms. The number of aromatic nitrogens is 1. The van der Waals surface area contributed by atoms with Crippen LogP contribution in [-0.2, 0) is 12.8 Å². The first-order chi connectivity index (χ1) is 12.6. The summed E-state index contributed by atoms with van der Waals surface area (Å²) >= 11 is 0. The fourth-order valence-electron chi connectivity index (χ4n) is 3.87. The Morgan fingerprint density at radius 1 is 1.19 bits per heavy atom. The number of hydrogen-bond donors (Lipinski definition) is 3. The van der Waals surface area contributed by atoms with Gasteiger partial charge in [0.05, 0.1) is 0 Å². The summed E-state index contributed by atoms with van der Waals surface area (Å²) in [6, 6.07) is 14.3. The molecule has 3 aromatic rings. The Balaban J connectivity index is 1.60. The predicted molar refractivity (Wildman–Crippen MR) is 107 cm³/mol. The van der Waals surface area contributed by atoms with Gasteiger partial charge in [-0.25, -0.2) is 0 Å². The zero-order valence-electron chi connectivity index (χ0n) is 15.4. The van der Waals surface area contributed by atoms with Crippen molar-refractivity contribution in [2.24, 2.45) is 0 Å². The second kappa shape index (κ2) is 6.96. The molecule has 1 atom stereocenters. The van der Waals surface area contributed by atoms with Crippen molar-refractivity contribution in [3.63, 3.8) is 0 Å². The van der Waals surface area contributed by atoms with Gasteiger partial charge in [-0.15, -0.1) is 0 Å². The smallest absolute Gasteiger partial charge is 0.255 e. The summed E-state index contributed by atoms with van der Waals surface area (Å²) in [4.78, 5) is 16.1. The lowest BCUT2D eigenvalue weighted by Crippen LogP contribution is -2.34. The molecule has 4 nitrogen and oxygen atoms in total. The monoisotopic (exact) mass is 347 g/mol. The fourth-order valence-corrected chi connectivity index (χ4v) is 3.87. The molecule has 0 spiro atoms. The molecule has 4 rings (SSSR count). The van der Waals surface area contributed by atoms with Crippen LogP contribution in [0.15, 0.2) is 42.5 Å². The minimum atomic E-state index is -0.0701. The Bertz CT molecular complexity index is 940. The molecule has 1 aliphatic rings. The highest BCUT2D eigenvalue weighted by molar-refractivity contribution is 6.05. The second-order valence-corrected chi connectivity index (χ2v) is 7.16. The molecule has 2 aromatic carbocycles. The number of aromatic amines is 1. The van der Waals surface area contributed by atoms with Crippen molar-refractivity contribution >= 4 is 22.5 Å². The minimum absolute atomic E-state index is 0.0701. The van der Waals surface area contributed by atoms with E-state index in [4.69, 9.17) is 0 Å². The summed E-state index contributed by atoms with van der Waals surface area (Å²) in [5.41, 5.74) is 6.56. The molecule has 0 saturated heterocycles. The van der Waals surface area contributed by atoms with Gasteiger partial charge in [0.1, 0.15) is 0 Å². The molecule has 0 radical (unpaired) electrons. The first-order valence-electron chi connectivity index (χ1n) is 9.39. The number of benzene rings is 2. The molecule has 1 unspecified atom stereocenters. The van der Waals surface area contributed by atoms with Crippen molar-refractivity contribution in [3.05, 3.63) is 64.8 Å². The number of likely N-dealkylation sites (N-methyl/N-ethyl adjacent to an activating group) is 1. The van der Waals surface area contributed by atoms with E-state index in [1.54, 1.807) is 0 Å². The molecule has 1 aliphatic carbocycles. The predicted octanol–water partition coefficient (Wildman–Crippen LogP) is 4.20. The van der Waals surface area contributed by atoms with Gasteiger partial charge in [0.2, 0.25) is 0 Å². The van der Waals surface area contributed by atoms with Gasteiger partial charge in [-0.05, 0) is 68.6 Å². The third-order valence-corrected chi connectivity index (χ3v) is 5.25. The van der Waals surface area contributed by atoms with E-state index in [2.05, 4.69) is 34.7 Å². The molecule has 134 valence electrons. The summed E-state index contributed by atoms with van der Waals surface area (Å²) in [5, 5.41) is 7.83. The molecule has 0 bridgehead atoms. The molecule has 0 saturated carbocycles. The summed E-state index contributed by atoms with van der Waals surface area (Å²) in [6.45, 7) is 5.18. The molecule has 1 amide bonds. The number of amides is 1. The number of anilines is 1. The largest absolute Gasteiger partial charge is 0.358 e. The molecule has 1 heterocycles. The Hall–Kier alpha value is -2.59. The molecule has 0 fully saturated rings. The van der Waals surface area contributed by atoms with Crippen LogP contribution in [0.5, 0.6) is 0 Å². The van der Waals surface area contributed by atoms with Crippen LogP contribution in [0.3, 0.4) is 0 Å². The van der Waals surface area contributed by atoms with Crippen molar-refractivity contribution in [2.75, 3.05) is 11.9 Å². The lowest BCUT2D eigenvalue weighted by molar-refractivity contribution is 0.102. The number of nitrogens with one attached hydrogen (secondary N) is 3. The van der Waals surface area contributed by atoms with E-state index >= 15 is 0 Å². The molecule has 3 N–H and O–H groups in total. The maximum absolute atomic E-state index is 12.5. The van der Waals surface area contributed by atoms with Crippen LogP contribution in [0.1, 0.15) is 40.5 Å². The van der Waals surface area contributed by atoms with Gasteiger partial charge in [-0.1, -0.05) is 24.6 Å². The van der Waals surface area contributed by atoms with Crippen molar-refractivity contribution in [2.45, 2.75) is 39.2 Å². The summed E-state index contributed by atoms with van der Waals surface area (Å²) in [7, 11) is 0. The SMILES string of the molecule is CCNC1CCc2[nH]c3ccc(NC(=O)c4ccc(C)cc4)cc3c2C1. The molecule has 4 heteroatoms. The van der Waals surface area contributed by atoms with Crippen LogP contribution < -0.4 is 10.6 Å². The number of fused-ring (bicyclic) bond motifs is 3. The van der Waals surface area contributed by atoms with Crippen LogP contribution in [0.4, 0.5) is 5.69 Å². The number of carbonyl (C=O) groups is 1. The van der Waals surface area contributed by atoms with E-state index in [0.29, 0.717) is 11.6 Å². The van der Waals surface area contributed by atoms with E-state index in [0.717, 1.165) is 36.2 Å². The zero-order chi connectivity index (χ0) is 18.1. The summed E-state index contributed by atoms with van der Waals surface area (Å²) in [6.07, 6.45) is 3.29. The Kier molecular flexibility index (Phi) is 4.51. The highest BCUT2D eigenvalue weighted by atomic mass is 16.1. The molecular weight excluding hydrogens is 322 g/mol. The number of aryl methyl sites for hydroxylation is 2. The van der Waals surface area contributed by atoms with Crippen molar-refractivity contribution in [3.8, 4) is 0 Å². The van der Waals surface area contributed by atoms with Crippen molar-refractivity contribution in [1.82, 2.24) is 10.3 Å². The number of H-pyrrole nitrogens is 1. The molecule has 1 aromatic heterocycles. The highest BCUT2D eigenvalue weighted by Crippen LogP contribution is 2.31. The first kappa shape index (κ1) is 16.9. The van der Waals surface area contributed by atoms with Gasteiger partial charge in [-0.3, -0.25) is 4.79 Å². The standard InChI is InChI=1S/C22H25N3O/c1-3-23-16-8-10-20-18(12-16)19-13-17(9-11-21(19)25-20)24-22(26)15-6-4-14(2)5-7-15/h4-7,9,11,13,16,23,25H,3,8,10,12H2,1-2H3,(H,24,26). The van der Waals surface area contributed by atoms with Gasteiger partial charge in [-0.2, -0.15) is 0 Å². The molecular formula is C22H25N3O. The summed E-state index contributed by atoms with van der Waals surface area (Å²) in [5.74, 6) is -0.0701. The fraction of sp³-hybridized carbons (Fsp3) is 0.318. The topological polar surface area (TPSA) is 56.9 Å². The average Bonchev–Trinajstić information content (AvgIpc) is 3.00. The van der Waals surface area contributed by atoms with Crippen LogP contribution >= 0.6 is 0 Å². The third-order valence-electron chi connectivity index (χ3n) is 5.25. The van der Waals surface area contributed by atoms with Crippen LogP contribution in [0, 0.1) is 6.92 Å². The van der Waals surface area contributed by atoms with Crippen molar-refractivity contribution < 1.29 is 4.79 Å². The Morgan fingerprint density at radius 2 is 2.00 bits per heavy atom. The highest BCUT2D eigenvalue weighted by Gasteiger charge is 2.22. The number of rotatable bonds is 4. The maximum Gasteiger partial charge on any atom is 0.255 e. The number of hydrogen-bond acceptors (Lipinski definition) is 2. The van der Waals surface area contributed by atoms with E-state index in [9.17, 15) is 4.79 Å². The van der Waals surface area contributed by atoms with E-state index < -0.39 is 0 Å². The Labute approximate surface area is 154 Å². The molecule has 0 aliphatic heterocycles. The average molecular weight is 347 g/mol. The van der Waals surface area contributed by atoms with Gasteiger partial charge in [0.15, 0.2) is 0 Å². The minimum Gasteiger partial charge on any atom is -0.358 e. The quantitative estimate of drug-likeness (QED) is 0.663. The van der Waals surface area contributed by atoms with Gasteiger partial charge >= 0.3 is 0 Å². The third kappa shape index (κ3) is 3.25. The normalized spacial score (nSPS) is 16.5.